The van der Waals surface area contributed by atoms with Gasteiger partial charge in [-0.1, -0.05) is 12.1 Å². The van der Waals surface area contributed by atoms with Gasteiger partial charge in [-0.15, -0.1) is 0 Å². The molecule has 2 aliphatic heterocycles. The molecule has 1 saturated carbocycles. The number of hydrogen-bond donors (Lipinski definition) is 2. The van der Waals surface area contributed by atoms with Crippen LogP contribution < -0.4 is 20.4 Å². The molecule has 3 fully saturated rings. The number of benzene rings is 2. The molecule has 1 aliphatic carbocycles. The van der Waals surface area contributed by atoms with Gasteiger partial charge in [-0.25, -0.2) is 45.9 Å². The lowest BCUT2D eigenvalue weighted by atomic mass is 9.98. The smallest absolute Gasteiger partial charge is 0.177 e. The van der Waals surface area contributed by atoms with E-state index in [0.29, 0.717) is 125 Å². The molecule has 79 heavy (non-hydrogen) atoms. The number of rotatable bonds is 13. The van der Waals surface area contributed by atoms with Crippen LogP contribution in [-0.4, -0.2) is 102 Å². The molecular weight excluding hydrogens is 1100 g/mol. The monoisotopic (exact) mass is 1150 g/mol. The second-order valence-electron chi connectivity index (χ2n) is 20.0. The van der Waals surface area contributed by atoms with Gasteiger partial charge in [-0.2, -0.15) is 0 Å². The van der Waals surface area contributed by atoms with E-state index in [-0.39, 0.29) is 62.3 Å². The van der Waals surface area contributed by atoms with Crippen LogP contribution in [0, 0.1) is 49.0 Å². The Bertz CT molecular complexity index is 3980. The van der Waals surface area contributed by atoms with E-state index in [1.165, 1.54) is 24.5 Å². The maximum absolute atomic E-state index is 17.5. The molecule has 9 aromatic rings. The van der Waals surface area contributed by atoms with Crippen LogP contribution in [0.15, 0.2) is 119 Å². The quantitative estimate of drug-likeness (QED) is 0.104. The minimum Gasteiger partial charge on any atom is -0.378 e. The van der Waals surface area contributed by atoms with Crippen molar-refractivity contribution in [3.8, 4) is 33.9 Å². The highest BCUT2D eigenvalue weighted by atomic mass is 79.9. The largest absolute Gasteiger partial charge is 0.378 e. The Morgan fingerprint density at radius 1 is 0.709 bits per heavy atom. The maximum atomic E-state index is 17.5. The summed E-state index contributed by atoms with van der Waals surface area (Å²) in [6.07, 6.45) is 10.9. The van der Waals surface area contributed by atoms with Crippen LogP contribution in [0.1, 0.15) is 23.1 Å². The number of halogens is 5. The van der Waals surface area contributed by atoms with Crippen molar-refractivity contribution in [1.29, 1.82) is 0 Å². The number of hydrogen-bond acceptors (Lipinski definition) is 15. The lowest BCUT2D eigenvalue weighted by molar-refractivity contribution is 0.0226. The van der Waals surface area contributed by atoms with Gasteiger partial charge in [0.15, 0.2) is 9.84 Å². The van der Waals surface area contributed by atoms with Crippen molar-refractivity contribution < 1.29 is 35.5 Å². The van der Waals surface area contributed by atoms with E-state index in [0.717, 1.165) is 24.2 Å². The SMILES string of the molecule is Cc1c(-c2ccccn2)nc2cc(F)cc(F)c2c1Nc1cc(N2CCOC([C@H]3CC3Cc3c(F)cc4nc(-c5ccccn5)c(C)c(Nc5cc(N6CCOCC6)ncc5Br)c4c3F)C2)ncc1-c1cncc(S(C)(=O)=O)c1. The fourth-order valence-electron chi connectivity index (χ4n) is 10.7. The third-order valence-electron chi connectivity index (χ3n) is 14.9. The van der Waals surface area contributed by atoms with Crippen LogP contribution >= 0.6 is 15.9 Å². The third-order valence-corrected chi connectivity index (χ3v) is 16.7. The van der Waals surface area contributed by atoms with Crippen LogP contribution in [0.5, 0.6) is 0 Å². The van der Waals surface area contributed by atoms with Crippen molar-refractivity contribution in [3.63, 3.8) is 0 Å². The Labute approximate surface area is 460 Å². The fourth-order valence-corrected chi connectivity index (χ4v) is 11.6. The second kappa shape index (κ2) is 21.2. The molecule has 9 heterocycles. The van der Waals surface area contributed by atoms with Gasteiger partial charge in [0.05, 0.1) is 103 Å². The molecule has 0 bridgehead atoms. The third kappa shape index (κ3) is 10.3. The maximum Gasteiger partial charge on any atom is 0.177 e. The number of anilines is 6. The summed E-state index contributed by atoms with van der Waals surface area (Å²) >= 11 is 3.66. The predicted octanol–water partition coefficient (Wildman–Crippen LogP) is 11.5. The number of nitrogens with zero attached hydrogens (tertiary/aromatic N) is 9. The van der Waals surface area contributed by atoms with Crippen molar-refractivity contribution in [3.05, 3.63) is 154 Å². The Balaban J connectivity index is 0.863. The Morgan fingerprint density at radius 2 is 1.35 bits per heavy atom. The number of fused-ring (bicyclic) bond motifs is 2. The van der Waals surface area contributed by atoms with Crippen molar-refractivity contribution >= 4 is 82.0 Å². The topological polar surface area (TPSA) is 173 Å². The first-order valence-electron chi connectivity index (χ1n) is 25.6. The van der Waals surface area contributed by atoms with E-state index < -0.39 is 33.1 Å². The summed E-state index contributed by atoms with van der Waals surface area (Å²) < 4.78 is 103. The molecule has 12 rings (SSSR count). The molecule has 402 valence electrons. The minimum absolute atomic E-state index is 0.0157. The lowest BCUT2D eigenvalue weighted by Crippen LogP contribution is -2.44. The summed E-state index contributed by atoms with van der Waals surface area (Å²) in [4.78, 5) is 36.5. The molecule has 2 unspecified atom stereocenters. The predicted molar refractivity (Wildman–Crippen MR) is 299 cm³/mol. The average Bonchev–Trinajstić information content (AvgIpc) is 4.39. The van der Waals surface area contributed by atoms with E-state index in [4.69, 9.17) is 19.4 Å². The standard InChI is InChI=1S/C58H50BrF4N11O4S/c1-31-55(43-8-4-6-10-65-43)71-47-22-35(60)21-42(62)52(47)57(31)69-45-24-51(67-28-39(45)34-18-36(27-64-26-34)79(3,75)76)74-14-17-78-49(30-74)37-19-33(37)20-38-41(61)23-48-53(54(38)63)58(32(2)56(72-48)44-9-5-7-11-66-44)70-46-25-50(68-29-40(46)59)73-12-15-77-16-13-73/h4-11,18,21-29,33,37,49H,12-17,19-20,30H2,1-3H3,(H,67,69,71)(H,68,70,72)/t33?,37-,49?/m0/s1. The summed E-state index contributed by atoms with van der Waals surface area (Å²) in [7, 11) is -3.68. The normalized spacial score (nSPS) is 17.6. The molecule has 21 heteroatoms. The fraction of sp³-hybridized carbons (Fsp3) is 0.259. The lowest BCUT2D eigenvalue weighted by Gasteiger charge is -2.34. The molecule has 3 aliphatic rings. The molecule has 0 amide bonds. The van der Waals surface area contributed by atoms with E-state index in [1.54, 1.807) is 62.0 Å². The van der Waals surface area contributed by atoms with E-state index in [1.807, 2.05) is 25.1 Å². The zero-order valence-corrected chi connectivity index (χ0v) is 45.3. The van der Waals surface area contributed by atoms with Crippen molar-refractivity contribution in [2.75, 3.05) is 72.7 Å². The zero-order valence-electron chi connectivity index (χ0n) is 42.9. The molecule has 7 aromatic heterocycles. The molecule has 2 saturated heterocycles. The highest BCUT2D eigenvalue weighted by molar-refractivity contribution is 9.10. The van der Waals surface area contributed by atoms with Gasteiger partial charge in [0, 0.05) is 128 Å². The molecule has 15 nitrogen and oxygen atoms in total. The first-order valence-corrected chi connectivity index (χ1v) is 28.3. The summed E-state index contributed by atoms with van der Waals surface area (Å²) in [5.41, 5.74) is 5.81. The summed E-state index contributed by atoms with van der Waals surface area (Å²) in [6, 6.07) is 19.2. The van der Waals surface area contributed by atoms with Crippen LogP contribution in [0.4, 0.5) is 51.9 Å². The number of morpholine rings is 2. The van der Waals surface area contributed by atoms with E-state index in [2.05, 4.69) is 61.3 Å². The number of sulfone groups is 1. The van der Waals surface area contributed by atoms with Gasteiger partial charge in [0.2, 0.25) is 0 Å². The molecule has 0 spiro atoms. The van der Waals surface area contributed by atoms with Crippen molar-refractivity contribution in [1.82, 2.24) is 34.9 Å². The molecule has 0 radical (unpaired) electrons. The average molecular weight is 1150 g/mol. The number of nitrogens with one attached hydrogen (secondary N) is 2. The number of aromatic nitrogens is 7. The van der Waals surface area contributed by atoms with Gasteiger partial charge >= 0.3 is 0 Å². The van der Waals surface area contributed by atoms with Gasteiger partial charge in [-0.05, 0) is 84.8 Å². The van der Waals surface area contributed by atoms with Crippen molar-refractivity contribution in [2.45, 2.75) is 37.7 Å². The Hall–Kier alpha value is -7.72. The van der Waals surface area contributed by atoms with Crippen LogP contribution in [0.2, 0.25) is 0 Å². The summed E-state index contributed by atoms with van der Waals surface area (Å²) in [5, 5.41) is 7.13. The summed E-state index contributed by atoms with van der Waals surface area (Å²) in [6.45, 7) is 7.24. The van der Waals surface area contributed by atoms with Gasteiger partial charge < -0.3 is 29.9 Å². The van der Waals surface area contributed by atoms with Crippen molar-refractivity contribution in [2.24, 2.45) is 11.8 Å². The molecule has 2 aromatic carbocycles. The van der Waals surface area contributed by atoms with E-state index >= 15 is 13.2 Å². The van der Waals surface area contributed by atoms with Gasteiger partial charge in [-0.3, -0.25) is 15.0 Å². The highest BCUT2D eigenvalue weighted by Gasteiger charge is 2.46. The number of pyridine rings is 7. The second-order valence-corrected chi connectivity index (χ2v) is 22.9. The summed E-state index contributed by atoms with van der Waals surface area (Å²) in [5.74, 6) is -1.97. The first kappa shape index (κ1) is 52.0. The first-order chi connectivity index (χ1) is 38.2. The van der Waals surface area contributed by atoms with Crippen LogP contribution in [0.25, 0.3) is 55.7 Å². The number of ether oxygens (including phenoxy) is 2. The molecular formula is C58H50BrF4N11O4S. The minimum atomic E-state index is -3.68. The highest BCUT2D eigenvalue weighted by Crippen LogP contribution is 2.48. The van der Waals surface area contributed by atoms with Gasteiger partial charge in [0.1, 0.15) is 34.9 Å². The molecule has 2 N–H and O–H groups in total. The Morgan fingerprint density at radius 3 is 2.05 bits per heavy atom. The zero-order chi connectivity index (χ0) is 54.7. The van der Waals surface area contributed by atoms with Gasteiger partial charge in [0.25, 0.3) is 0 Å². The van der Waals surface area contributed by atoms with Crippen LogP contribution in [0.3, 0.4) is 0 Å². The molecule has 3 atom stereocenters. The van der Waals surface area contributed by atoms with Crippen LogP contribution in [-0.2, 0) is 25.7 Å². The Kier molecular flexibility index (Phi) is 13.9. The van der Waals surface area contributed by atoms with E-state index in [9.17, 15) is 12.8 Å².